The van der Waals surface area contributed by atoms with Crippen LogP contribution in [-0.2, 0) is 10.0 Å². The van der Waals surface area contributed by atoms with Crippen LogP contribution < -0.4 is 10.5 Å². The SMILES string of the molecule is Cl.NCC(NS(=O)(=O)c1c(F)cccc1[N+](=O)[O-])C1CC1. The van der Waals surface area contributed by atoms with Crippen molar-refractivity contribution in [3.63, 3.8) is 0 Å². The van der Waals surface area contributed by atoms with Gasteiger partial charge in [0.25, 0.3) is 15.7 Å². The Hall–Kier alpha value is -1.29. The number of halogens is 2. The molecule has 0 saturated heterocycles. The third-order valence-electron chi connectivity index (χ3n) is 3.16. The van der Waals surface area contributed by atoms with Gasteiger partial charge in [-0.2, -0.15) is 0 Å². The highest BCUT2D eigenvalue weighted by molar-refractivity contribution is 7.89. The summed E-state index contributed by atoms with van der Waals surface area (Å²) in [5.74, 6) is -1.04. The highest BCUT2D eigenvalue weighted by Gasteiger charge is 2.37. The Kier molecular flexibility index (Phi) is 5.62. The minimum absolute atomic E-state index is 0. The first-order valence-electron chi connectivity index (χ1n) is 6.02. The van der Waals surface area contributed by atoms with Crippen molar-refractivity contribution in [1.29, 1.82) is 0 Å². The lowest BCUT2D eigenvalue weighted by atomic mass is 10.2. The normalized spacial score (nSPS) is 16.1. The van der Waals surface area contributed by atoms with Crippen LogP contribution in [-0.4, -0.2) is 25.9 Å². The molecule has 0 aliphatic heterocycles. The summed E-state index contributed by atoms with van der Waals surface area (Å²) in [7, 11) is -4.33. The van der Waals surface area contributed by atoms with Crippen molar-refractivity contribution in [2.45, 2.75) is 23.8 Å². The molecule has 3 N–H and O–H groups in total. The number of nitrogens with two attached hydrogens (primary N) is 1. The first kappa shape index (κ1) is 17.8. The van der Waals surface area contributed by atoms with Crippen LogP contribution >= 0.6 is 12.4 Å². The van der Waals surface area contributed by atoms with E-state index >= 15 is 0 Å². The van der Waals surface area contributed by atoms with Gasteiger partial charge in [0.1, 0.15) is 5.82 Å². The average molecular weight is 340 g/mol. The molecule has 118 valence electrons. The molecule has 1 unspecified atom stereocenters. The molecule has 1 saturated carbocycles. The lowest BCUT2D eigenvalue weighted by Gasteiger charge is -2.16. The van der Waals surface area contributed by atoms with E-state index < -0.39 is 37.4 Å². The molecule has 10 heteroatoms. The van der Waals surface area contributed by atoms with Crippen molar-refractivity contribution in [2.75, 3.05) is 6.54 Å². The van der Waals surface area contributed by atoms with Gasteiger partial charge in [0.05, 0.1) is 4.92 Å². The maximum atomic E-state index is 13.7. The van der Waals surface area contributed by atoms with Crippen LogP contribution in [0.1, 0.15) is 12.8 Å². The van der Waals surface area contributed by atoms with E-state index in [1.807, 2.05) is 0 Å². The number of sulfonamides is 1. The zero-order valence-electron chi connectivity index (χ0n) is 10.9. The second-order valence-corrected chi connectivity index (χ2v) is 6.30. The van der Waals surface area contributed by atoms with Crippen LogP contribution in [0.5, 0.6) is 0 Å². The zero-order chi connectivity index (χ0) is 14.9. The second-order valence-electron chi connectivity index (χ2n) is 4.65. The van der Waals surface area contributed by atoms with Gasteiger partial charge >= 0.3 is 0 Å². The number of nitrogens with zero attached hydrogens (tertiary/aromatic N) is 1. The molecule has 21 heavy (non-hydrogen) atoms. The summed E-state index contributed by atoms with van der Waals surface area (Å²) >= 11 is 0. The highest BCUT2D eigenvalue weighted by Crippen LogP contribution is 2.34. The Morgan fingerprint density at radius 1 is 1.48 bits per heavy atom. The molecule has 0 aromatic heterocycles. The van der Waals surface area contributed by atoms with Crippen LogP contribution in [0, 0.1) is 21.8 Å². The van der Waals surface area contributed by atoms with E-state index in [2.05, 4.69) is 4.72 Å². The van der Waals surface area contributed by atoms with Crippen LogP contribution in [0.25, 0.3) is 0 Å². The standard InChI is InChI=1S/C11H14FN3O4S.ClH/c12-8-2-1-3-10(15(16)17)11(8)20(18,19)14-9(6-13)7-4-5-7;/h1-3,7,9,14H,4-6,13H2;1H. The first-order valence-corrected chi connectivity index (χ1v) is 7.50. The van der Waals surface area contributed by atoms with Crippen molar-refractivity contribution in [1.82, 2.24) is 4.72 Å². The summed E-state index contributed by atoms with van der Waals surface area (Å²) < 4.78 is 40.3. The van der Waals surface area contributed by atoms with Crippen molar-refractivity contribution < 1.29 is 17.7 Å². The predicted octanol–water partition coefficient (Wildman–Crippen LogP) is 1.17. The molecule has 1 fully saturated rings. The maximum absolute atomic E-state index is 13.7. The number of nitro benzene ring substituents is 1. The molecule has 1 atom stereocenters. The fraction of sp³-hybridized carbons (Fsp3) is 0.455. The summed E-state index contributed by atoms with van der Waals surface area (Å²) in [5, 5.41) is 10.8. The number of nitrogens with one attached hydrogen (secondary N) is 1. The molecule has 1 aliphatic carbocycles. The van der Waals surface area contributed by atoms with Gasteiger partial charge < -0.3 is 5.73 Å². The fourth-order valence-electron chi connectivity index (χ4n) is 2.00. The van der Waals surface area contributed by atoms with Crippen LogP contribution in [0.4, 0.5) is 10.1 Å². The van der Waals surface area contributed by atoms with E-state index in [0.717, 1.165) is 31.0 Å². The Morgan fingerprint density at radius 2 is 2.10 bits per heavy atom. The van der Waals surface area contributed by atoms with E-state index in [1.165, 1.54) is 0 Å². The largest absolute Gasteiger partial charge is 0.329 e. The van der Waals surface area contributed by atoms with Crippen molar-refractivity contribution in [3.05, 3.63) is 34.1 Å². The molecule has 0 bridgehead atoms. The molecule has 0 radical (unpaired) electrons. The third kappa shape index (κ3) is 3.88. The van der Waals surface area contributed by atoms with E-state index in [-0.39, 0.29) is 24.9 Å². The molecule has 0 heterocycles. The fourth-order valence-corrected chi connectivity index (χ4v) is 3.55. The molecule has 0 spiro atoms. The lowest BCUT2D eigenvalue weighted by Crippen LogP contribution is -2.42. The van der Waals surface area contributed by atoms with Gasteiger partial charge in [-0.05, 0) is 24.8 Å². The summed E-state index contributed by atoms with van der Waals surface area (Å²) in [6.07, 6.45) is 1.67. The van der Waals surface area contributed by atoms with Crippen LogP contribution in [0.15, 0.2) is 23.1 Å². The van der Waals surface area contributed by atoms with Gasteiger partial charge in [-0.3, -0.25) is 10.1 Å². The van der Waals surface area contributed by atoms with Crippen molar-refractivity contribution in [3.8, 4) is 0 Å². The van der Waals surface area contributed by atoms with Crippen LogP contribution in [0.2, 0.25) is 0 Å². The summed E-state index contributed by atoms with van der Waals surface area (Å²) in [4.78, 5) is 8.98. The minimum Gasteiger partial charge on any atom is -0.329 e. The summed E-state index contributed by atoms with van der Waals surface area (Å²) in [5.41, 5.74) is 4.69. The first-order chi connectivity index (χ1) is 9.36. The van der Waals surface area contributed by atoms with Crippen molar-refractivity contribution in [2.24, 2.45) is 11.7 Å². The average Bonchev–Trinajstić information content (AvgIpc) is 3.19. The Bertz CT molecular complexity index is 636. The van der Waals surface area contributed by atoms with Gasteiger partial charge in [0, 0.05) is 18.7 Å². The van der Waals surface area contributed by atoms with Crippen molar-refractivity contribution >= 4 is 28.1 Å². The summed E-state index contributed by atoms with van der Waals surface area (Å²) in [6.45, 7) is 0.0617. The smallest absolute Gasteiger partial charge is 0.292 e. The Morgan fingerprint density at radius 3 is 2.57 bits per heavy atom. The molecule has 7 nitrogen and oxygen atoms in total. The van der Waals surface area contributed by atoms with Crippen LogP contribution in [0.3, 0.4) is 0 Å². The Labute approximate surface area is 127 Å². The molecular weight excluding hydrogens is 325 g/mol. The van der Waals surface area contributed by atoms with Gasteiger partial charge in [-0.15, -0.1) is 12.4 Å². The highest BCUT2D eigenvalue weighted by atomic mass is 35.5. The van der Waals surface area contributed by atoms with E-state index in [1.54, 1.807) is 0 Å². The van der Waals surface area contributed by atoms with E-state index in [0.29, 0.717) is 0 Å². The lowest BCUT2D eigenvalue weighted by molar-refractivity contribution is -0.388. The van der Waals surface area contributed by atoms with Gasteiger partial charge in [-0.1, -0.05) is 6.07 Å². The molecule has 1 aromatic rings. The predicted molar refractivity (Wildman–Crippen MR) is 76.2 cm³/mol. The number of hydrogen-bond donors (Lipinski definition) is 2. The number of rotatable bonds is 6. The Balaban J connectivity index is 0.00000220. The number of hydrogen-bond acceptors (Lipinski definition) is 5. The molecule has 1 aliphatic rings. The summed E-state index contributed by atoms with van der Waals surface area (Å²) in [6, 6.07) is 2.38. The maximum Gasteiger partial charge on any atom is 0.292 e. The monoisotopic (exact) mass is 339 g/mol. The van der Waals surface area contributed by atoms with E-state index in [4.69, 9.17) is 5.73 Å². The zero-order valence-corrected chi connectivity index (χ0v) is 12.5. The molecule has 0 amide bonds. The van der Waals surface area contributed by atoms with E-state index in [9.17, 15) is 22.9 Å². The quantitative estimate of drug-likeness (QED) is 0.596. The topological polar surface area (TPSA) is 115 Å². The van der Waals surface area contributed by atoms with Gasteiger partial charge in [0.15, 0.2) is 4.90 Å². The minimum atomic E-state index is -4.33. The molecular formula is C11H15ClFN3O4S. The molecule has 1 aromatic carbocycles. The van der Waals surface area contributed by atoms with Gasteiger partial charge in [0.2, 0.25) is 0 Å². The van der Waals surface area contributed by atoms with Gasteiger partial charge in [-0.25, -0.2) is 17.5 Å². The third-order valence-corrected chi connectivity index (χ3v) is 4.72. The molecule has 2 rings (SSSR count). The number of nitro groups is 1. The second kappa shape index (κ2) is 6.65. The number of benzene rings is 1.